The fourth-order valence-electron chi connectivity index (χ4n) is 3.27. The Hall–Kier alpha value is -3.86. The topological polar surface area (TPSA) is 101 Å². The van der Waals surface area contributed by atoms with Crippen molar-refractivity contribution in [3.05, 3.63) is 76.9 Å². The zero-order chi connectivity index (χ0) is 23.5. The number of nitriles is 1. The van der Waals surface area contributed by atoms with E-state index in [0.29, 0.717) is 32.8 Å². The fourth-order valence-corrected chi connectivity index (χ4v) is 4.83. The molecule has 1 amide bonds. The molecule has 7 nitrogen and oxygen atoms in total. The quantitative estimate of drug-likeness (QED) is 0.408. The van der Waals surface area contributed by atoms with Crippen molar-refractivity contribution in [2.24, 2.45) is 0 Å². The van der Waals surface area contributed by atoms with Gasteiger partial charge in [-0.25, -0.2) is 0 Å². The molecule has 0 unspecified atom stereocenters. The van der Waals surface area contributed by atoms with Crippen LogP contribution in [0.15, 0.2) is 48.7 Å². The van der Waals surface area contributed by atoms with E-state index < -0.39 is 11.7 Å². The number of hydrogen-bond acceptors (Lipinski definition) is 6. The molecule has 1 N–H and O–H groups in total. The molecule has 0 atom stereocenters. The number of rotatable bonds is 5. The number of hydrogen-bond donors (Lipinski definition) is 1. The Morgan fingerprint density at radius 3 is 2.61 bits per heavy atom. The minimum atomic E-state index is -0.461. The molecule has 4 aromatic rings. The number of ether oxygens (including phenoxy) is 1. The zero-order valence-electron chi connectivity index (χ0n) is 18.0. The van der Waals surface area contributed by atoms with Gasteiger partial charge in [0.1, 0.15) is 0 Å². The standard InChI is InChI=1S/C24H18FN5O2Se/c1-13-4-9-19(32-3)20(21(13)25)17-10-14(2)27-12-18(17)22(31)28-24-30-29-23(33-24)16-7-5-15(11-26)6-8-16/h4-10,12H,1-3H3,(H,28,30,31). The van der Waals surface area contributed by atoms with E-state index in [2.05, 4.69) is 26.6 Å². The molecule has 0 bridgehead atoms. The first kappa shape index (κ1) is 22.3. The van der Waals surface area contributed by atoms with Gasteiger partial charge in [0.2, 0.25) is 0 Å². The summed E-state index contributed by atoms with van der Waals surface area (Å²) >= 11 is -0.339. The van der Waals surface area contributed by atoms with Crippen molar-refractivity contribution in [2.75, 3.05) is 12.4 Å². The Morgan fingerprint density at radius 1 is 1.15 bits per heavy atom. The van der Waals surface area contributed by atoms with Gasteiger partial charge in [-0.3, -0.25) is 0 Å². The molecular weight excluding hydrogens is 488 g/mol. The molecule has 0 saturated heterocycles. The van der Waals surface area contributed by atoms with Crippen LogP contribution >= 0.6 is 0 Å². The van der Waals surface area contributed by atoms with Gasteiger partial charge < -0.3 is 0 Å². The first-order valence-electron chi connectivity index (χ1n) is 9.86. The third-order valence-electron chi connectivity index (χ3n) is 4.98. The van der Waals surface area contributed by atoms with Crippen molar-refractivity contribution in [1.82, 2.24) is 15.2 Å². The van der Waals surface area contributed by atoms with Crippen molar-refractivity contribution in [1.29, 1.82) is 5.26 Å². The molecule has 2 aromatic heterocycles. The average molecular weight is 506 g/mol. The predicted octanol–water partition coefficient (Wildman–Crippen LogP) is 4.15. The minimum absolute atomic E-state index is 0.203. The van der Waals surface area contributed by atoms with Crippen LogP contribution in [0.25, 0.3) is 21.3 Å². The Balaban J connectivity index is 1.68. The molecule has 9 heteroatoms. The molecule has 0 aliphatic carbocycles. The van der Waals surface area contributed by atoms with Gasteiger partial charge in [-0.05, 0) is 0 Å². The molecule has 164 valence electrons. The van der Waals surface area contributed by atoms with Gasteiger partial charge in [-0.2, -0.15) is 0 Å². The van der Waals surface area contributed by atoms with Gasteiger partial charge in [-0.1, -0.05) is 0 Å². The van der Waals surface area contributed by atoms with Crippen molar-refractivity contribution < 1.29 is 13.9 Å². The van der Waals surface area contributed by atoms with Crippen molar-refractivity contribution in [2.45, 2.75) is 13.8 Å². The molecule has 2 aromatic carbocycles. The summed E-state index contributed by atoms with van der Waals surface area (Å²) in [5, 5.41) is 20.0. The Bertz CT molecular complexity index is 1390. The van der Waals surface area contributed by atoms with Crippen molar-refractivity contribution >= 4 is 25.1 Å². The molecule has 0 saturated carbocycles. The summed E-state index contributed by atoms with van der Waals surface area (Å²) in [6.45, 7) is 3.43. The number of methoxy groups -OCH3 is 1. The molecule has 2 heterocycles. The number of amides is 1. The number of aromatic nitrogens is 3. The maximum atomic E-state index is 15.1. The number of benzene rings is 2. The first-order valence-corrected chi connectivity index (χ1v) is 11.6. The van der Waals surface area contributed by atoms with Gasteiger partial charge in [0, 0.05) is 0 Å². The number of anilines is 1. The Kier molecular flexibility index (Phi) is 6.31. The number of pyridine rings is 1. The number of carbonyl (C=O) groups is 1. The summed E-state index contributed by atoms with van der Waals surface area (Å²) in [4.78, 5) is 17.4. The van der Waals surface area contributed by atoms with E-state index in [4.69, 9.17) is 10.00 Å². The maximum absolute atomic E-state index is 15.1. The van der Waals surface area contributed by atoms with Gasteiger partial charge >= 0.3 is 196 Å². The van der Waals surface area contributed by atoms with Crippen LogP contribution in [0.2, 0.25) is 0 Å². The second-order valence-corrected chi connectivity index (χ2v) is 9.25. The van der Waals surface area contributed by atoms with Gasteiger partial charge in [0.15, 0.2) is 0 Å². The summed E-state index contributed by atoms with van der Waals surface area (Å²) in [6, 6.07) is 14.1. The monoisotopic (exact) mass is 507 g/mol. The average Bonchev–Trinajstić information content (AvgIpc) is 3.29. The van der Waals surface area contributed by atoms with E-state index in [-0.39, 0.29) is 25.6 Å². The normalized spacial score (nSPS) is 10.5. The van der Waals surface area contributed by atoms with Crippen LogP contribution in [-0.4, -0.2) is 42.7 Å². The van der Waals surface area contributed by atoms with Crippen LogP contribution in [0.3, 0.4) is 0 Å². The Labute approximate surface area is 195 Å². The van der Waals surface area contributed by atoms with Gasteiger partial charge in [-0.15, -0.1) is 0 Å². The molecule has 0 fully saturated rings. The molecule has 4 rings (SSSR count). The van der Waals surface area contributed by atoms with E-state index in [1.807, 2.05) is 0 Å². The summed E-state index contributed by atoms with van der Waals surface area (Å²) in [5.41, 5.74) is 3.27. The van der Waals surface area contributed by atoms with Crippen LogP contribution < -0.4 is 10.1 Å². The zero-order valence-corrected chi connectivity index (χ0v) is 19.7. The van der Waals surface area contributed by atoms with Crippen molar-refractivity contribution in [3.8, 4) is 33.1 Å². The number of halogens is 1. The van der Waals surface area contributed by atoms with Crippen LogP contribution in [0, 0.1) is 31.0 Å². The van der Waals surface area contributed by atoms with E-state index in [1.165, 1.54) is 13.3 Å². The summed E-state index contributed by atoms with van der Waals surface area (Å²) < 4.78 is 21.6. The van der Waals surface area contributed by atoms with E-state index in [0.717, 1.165) is 10.1 Å². The fraction of sp³-hybridized carbons (Fsp3) is 0.125. The molecule has 0 spiro atoms. The van der Waals surface area contributed by atoms with Crippen LogP contribution in [0.1, 0.15) is 27.2 Å². The summed E-state index contributed by atoms with van der Waals surface area (Å²) in [5.74, 6) is -0.591. The van der Waals surface area contributed by atoms with E-state index in [1.54, 1.807) is 56.3 Å². The molecule has 33 heavy (non-hydrogen) atoms. The second-order valence-electron chi connectivity index (χ2n) is 7.20. The van der Waals surface area contributed by atoms with Gasteiger partial charge in [0.05, 0.1) is 0 Å². The molecule has 0 radical (unpaired) electrons. The number of nitrogens with one attached hydrogen (secondary N) is 1. The number of carbonyl (C=O) groups excluding carboxylic acids is 1. The SMILES string of the molecule is COc1ccc(C)c(F)c1-c1cc(C)ncc1C(=O)Nc1nnc(-c2ccc(C#N)cc2)[se]1. The number of aryl methyl sites for hydroxylation is 2. The second kappa shape index (κ2) is 9.33. The van der Waals surface area contributed by atoms with Crippen LogP contribution in [0.4, 0.5) is 9.08 Å². The number of nitrogens with zero attached hydrogens (tertiary/aromatic N) is 4. The van der Waals surface area contributed by atoms with Crippen molar-refractivity contribution in [3.63, 3.8) is 0 Å². The summed E-state index contributed by atoms with van der Waals surface area (Å²) in [6.07, 6.45) is 1.42. The molecule has 0 aliphatic rings. The van der Waals surface area contributed by atoms with Crippen LogP contribution in [0.5, 0.6) is 5.75 Å². The third-order valence-corrected chi connectivity index (χ3v) is 6.84. The molecular formula is C24H18FN5O2Se. The summed E-state index contributed by atoms with van der Waals surface area (Å²) in [7, 11) is 1.46. The third kappa shape index (κ3) is 4.53. The first-order chi connectivity index (χ1) is 15.9. The Morgan fingerprint density at radius 2 is 1.91 bits per heavy atom. The van der Waals surface area contributed by atoms with E-state index >= 15 is 4.39 Å². The van der Waals surface area contributed by atoms with E-state index in [9.17, 15) is 4.79 Å². The van der Waals surface area contributed by atoms with Crippen LogP contribution in [-0.2, 0) is 0 Å². The predicted molar refractivity (Wildman–Crippen MR) is 123 cm³/mol. The molecule has 0 aliphatic heterocycles. The van der Waals surface area contributed by atoms with Gasteiger partial charge in [0.25, 0.3) is 0 Å².